The molecule has 0 bridgehead atoms. The van der Waals surface area contributed by atoms with Crippen LogP contribution in [0.1, 0.15) is 24.4 Å². The van der Waals surface area contributed by atoms with Crippen molar-refractivity contribution in [1.29, 1.82) is 0 Å². The van der Waals surface area contributed by atoms with Crippen LogP contribution in [0.3, 0.4) is 0 Å². The summed E-state index contributed by atoms with van der Waals surface area (Å²) in [6.45, 7) is 3.81. The lowest BCUT2D eigenvalue weighted by Gasteiger charge is -2.19. The number of imidazole rings is 1. The Labute approximate surface area is 123 Å². The molecular formula is C16H17N5. The Kier molecular flexibility index (Phi) is 3.91. The Hall–Kier alpha value is -2.69. The van der Waals surface area contributed by atoms with Gasteiger partial charge in [-0.05, 0) is 18.4 Å². The van der Waals surface area contributed by atoms with Gasteiger partial charge < -0.3 is 10.3 Å². The van der Waals surface area contributed by atoms with Crippen LogP contribution in [0.15, 0.2) is 55.6 Å². The van der Waals surface area contributed by atoms with Gasteiger partial charge in [0.15, 0.2) is 11.5 Å². The number of fused-ring (bicyclic) bond motifs is 1. The largest absolute Gasteiger partial charge is 0.361 e. The summed E-state index contributed by atoms with van der Waals surface area (Å²) in [7, 11) is 0. The first-order valence-corrected chi connectivity index (χ1v) is 6.95. The van der Waals surface area contributed by atoms with Crippen molar-refractivity contribution in [1.82, 2.24) is 19.9 Å². The van der Waals surface area contributed by atoms with Crippen LogP contribution in [0, 0.1) is 0 Å². The summed E-state index contributed by atoms with van der Waals surface area (Å²) >= 11 is 0. The Bertz CT molecular complexity index is 720. The SMILES string of the molecule is C=CCCC(Nc1ncnc2nc[nH]c12)c1ccccc1. The molecule has 3 rings (SSSR count). The van der Waals surface area contributed by atoms with Gasteiger partial charge in [-0.2, -0.15) is 0 Å². The van der Waals surface area contributed by atoms with Crippen molar-refractivity contribution in [2.45, 2.75) is 18.9 Å². The Balaban J connectivity index is 1.90. The fraction of sp³-hybridized carbons (Fsp3) is 0.188. The molecule has 2 aromatic heterocycles. The first-order chi connectivity index (χ1) is 10.4. The second-order valence-electron chi connectivity index (χ2n) is 4.80. The van der Waals surface area contributed by atoms with E-state index in [4.69, 9.17) is 0 Å². The predicted molar refractivity (Wildman–Crippen MR) is 83.9 cm³/mol. The van der Waals surface area contributed by atoms with Gasteiger partial charge in [-0.25, -0.2) is 15.0 Å². The highest BCUT2D eigenvalue weighted by Crippen LogP contribution is 2.25. The van der Waals surface area contributed by atoms with E-state index in [2.05, 4.69) is 44.0 Å². The van der Waals surface area contributed by atoms with Gasteiger partial charge in [0.1, 0.15) is 11.8 Å². The van der Waals surface area contributed by atoms with E-state index in [1.54, 1.807) is 6.33 Å². The molecule has 1 aromatic carbocycles. The maximum atomic E-state index is 4.33. The molecule has 5 heteroatoms. The zero-order valence-electron chi connectivity index (χ0n) is 11.7. The number of rotatable bonds is 6. The number of allylic oxidation sites excluding steroid dienone is 1. The van der Waals surface area contributed by atoms with Gasteiger partial charge >= 0.3 is 0 Å². The molecule has 2 N–H and O–H groups in total. The van der Waals surface area contributed by atoms with Crippen LogP contribution in [0.5, 0.6) is 0 Å². The second-order valence-corrected chi connectivity index (χ2v) is 4.80. The van der Waals surface area contributed by atoms with E-state index < -0.39 is 0 Å². The number of benzene rings is 1. The molecule has 106 valence electrons. The van der Waals surface area contributed by atoms with Crippen molar-refractivity contribution in [3.8, 4) is 0 Å². The lowest BCUT2D eigenvalue weighted by Crippen LogP contribution is -2.12. The number of anilines is 1. The Morgan fingerprint density at radius 2 is 2.05 bits per heavy atom. The third-order valence-corrected chi connectivity index (χ3v) is 3.40. The van der Waals surface area contributed by atoms with Gasteiger partial charge in [0.05, 0.1) is 12.4 Å². The van der Waals surface area contributed by atoms with Crippen molar-refractivity contribution in [3.05, 3.63) is 61.2 Å². The van der Waals surface area contributed by atoms with Gasteiger partial charge in [-0.15, -0.1) is 6.58 Å². The molecule has 0 saturated heterocycles. The summed E-state index contributed by atoms with van der Waals surface area (Å²) < 4.78 is 0. The molecule has 0 amide bonds. The molecule has 0 aliphatic rings. The smallest absolute Gasteiger partial charge is 0.182 e. The molecular weight excluding hydrogens is 262 g/mol. The number of nitrogens with zero attached hydrogens (tertiary/aromatic N) is 3. The lowest BCUT2D eigenvalue weighted by molar-refractivity contribution is 0.702. The second kappa shape index (κ2) is 6.17. The van der Waals surface area contributed by atoms with Gasteiger partial charge in [0.2, 0.25) is 0 Å². The molecule has 0 saturated carbocycles. The van der Waals surface area contributed by atoms with Crippen molar-refractivity contribution >= 4 is 17.0 Å². The Morgan fingerprint density at radius 3 is 2.86 bits per heavy atom. The predicted octanol–water partition coefficient (Wildman–Crippen LogP) is 3.47. The molecule has 1 atom stereocenters. The molecule has 0 spiro atoms. The van der Waals surface area contributed by atoms with Gasteiger partial charge in [-0.1, -0.05) is 36.4 Å². The third-order valence-electron chi connectivity index (χ3n) is 3.40. The van der Waals surface area contributed by atoms with Crippen LogP contribution in [0.4, 0.5) is 5.82 Å². The summed E-state index contributed by atoms with van der Waals surface area (Å²) in [4.78, 5) is 15.7. The minimum atomic E-state index is 0.172. The lowest BCUT2D eigenvalue weighted by atomic mass is 10.0. The highest BCUT2D eigenvalue weighted by atomic mass is 15.1. The number of aromatic amines is 1. The van der Waals surface area contributed by atoms with Gasteiger partial charge in [-0.3, -0.25) is 0 Å². The van der Waals surface area contributed by atoms with Crippen molar-refractivity contribution in [3.63, 3.8) is 0 Å². The minimum Gasteiger partial charge on any atom is -0.361 e. The number of nitrogens with one attached hydrogen (secondary N) is 2. The molecule has 0 aliphatic heterocycles. The zero-order chi connectivity index (χ0) is 14.5. The molecule has 3 aromatic rings. The van der Waals surface area contributed by atoms with Gasteiger partial charge in [0, 0.05) is 0 Å². The highest BCUT2D eigenvalue weighted by molar-refractivity contribution is 5.82. The first-order valence-electron chi connectivity index (χ1n) is 6.95. The van der Waals surface area contributed by atoms with Gasteiger partial charge in [0.25, 0.3) is 0 Å². The minimum absolute atomic E-state index is 0.172. The molecule has 5 nitrogen and oxygen atoms in total. The fourth-order valence-electron chi connectivity index (χ4n) is 2.33. The van der Waals surface area contributed by atoms with Crippen molar-refractivity contribution < 1.29 is 0 Å². The molecule has 0 fully saturated rings. The zero-order valence-corrected chi connectivity index (χ0v) is 11.7. The summed E-state index contributed by atoms with van der Waals surface area (Å²) in [5, 5.41) is 3.49. The van der Waals surface area contributed by atoms with Crippen molar-refractivity contribution in [2.24, 2.45) is 0 Å². The first kappa shape index (κ1) is 13.3. The number of hydrogen-bond donors (Lipinski definition) is 2. The van der Waals surface area contributed by atoms with Crippen LogP contribution < -0.4 is 5.32 Å². The van der Waals surface area contributed by atoms with Crippen LogP contribution in [-0.2, 0) is 0 Å². The van der Waals surface area contributed by atoms with Crippen molar-refractivity contribution in [2.75, 3.05) is 5.32 Å². The number of H-pyrrole nitrogens is 1. The molecule has 21 heavy (non-hydrogen) atoms. The molecule has 1 unspecified atom stereocenters. The average Bonchev–Trinajstić information content (AvgIpc) is 3.01. The monoisotopic (exact) mass is 279 g/mol. The van der Waals surface area contributed by atoms with Crippen LogP contribution in [0.2, 0.25) is 0 Å². The van der Waals surface area contributed by atoms with E-state index in [-0.39, 0.29) is 6.04 Å². The summed E-state index contributed by atoms with van der Waals surface area (Å²) in [5.41, 5.74) is 2.73. The number of aromatic nitrogens is 4. The number of hydrogen-bond acceptors (Lipinski definition) is 4. The molecule has 0 radical (unpaired) electrons. The molecule has 2 heterocycles. The van der Waals surface area contributed by atoms with E-state index in [0.29, 0.717) is 5.65 Å². The summed E-state index contributed by atoms with van der Waals surface area (Å²) in [6.07, 6.45) is 6.98. The standard InChI is InChI=1S/C16H17N5/c1-2-3-9-13(12-7-5-4-6-8-12)21-16-14-15(18-10-17-14)19-11-20-16/h2,4-8,10-11,13H,1,3,9H2,(H2,17,18,19,20,21). The normalized spacial score (nSPS) is 12.2. The highest BCUT2D eigenvalue weighted by Gasteiger charge is 2.13. The summed E-state index contributed by atoms with van der Waals surface area (Å²) in [6, 6.07) is 10.5. The maximum Gasteiger partial charge on any atom is 0.182 e. The molecule has 0 aliphatic carbocycles. The van der Waals surface area contributed by atoms with Crippen LogP contribution in [-0.4, -0.2) is 19.9 Å². The van der Waals surface area contributed by atoms with Crippen LogP contribution in [0.25, 0.3) is 11.2 Å². The Morgan fingerprint density at radius 1 is 1.19 bits per heavy atom. The summed E-state index contributed by atoms with van der Waals surface area (Å²) in [5.74, 6) is 0.774. The van der Waals surface area contributed by atoms with E-state index in [9.17, 15) is 0 Å². The quantitative estimate of drug-likeness (QED) is 0.678. The van der Waals surface area contributed by atoms with E-state index >= 15 is 0 Å². The maximum absolute atomic E-state index is 4.33. The average molecular weight is 279 g/mol. The van der Waals surface area contributed by atoms with E-state index in [0.717, 1.165) is 24.2 Å². The van der Waals surface area contributed by atoms with E-state index in [1.807, 2.05) is 24.3 Å². The van der Waals surface area contributed by atoms with Crippen LogP contribution >= 0.6 is 0 Å². The fourth-order valence-corrected chi connectivity index (χ4v) is 2.33. The third kappa shape index (κ3) is 2.91. The van der Waals surface area contributed by atoms with E-state index in [1.165, 1.54) is 11.9 Å². The topological polar surface area (TPSA) is 66.5 Å².